The molecule has 0 spiro atoms. The van der Waals surface area contributed by atoms with Gasteiger partial charge in [-0.05, 0) is 12.1 Å². The number of rotatable bonds is 5. The molecule has 20 heavy (non-hydrogen) atoms. The number of ether oxygens (including phenoxy) is 1. The van der Waals surface area contributed by atoms with Crippen LogP contribution in [0.5, 0.6) is 11.8 Å². The molecule has 0 radical (unpaired) electrons. The summed E-state index contributed by atoms with van der Waals surface area (Å²) in [6, 6.07) is 4.30. The maximum absolute atomic E-state index is 11.9. The number of aromatic nitrogens is 3. The Kier molecular flexibility index (Phi) is 3.91. The number of nitrogens with one attached hydrogen (secondary N) is 1. The number of benzene rings is 1. The summed E-state index contributed by atoms with van der Waals surface area (Å²) < 4.78 is 33.1. The van der Waals surface area contributed by atoms with E-state index in [-0.39, 0.29) is 16.7 Å². The first kappa shape index (κ1) is 14.3. The average molecular weight is 297 g/mol. The molecule has 1 heterocycles. The fourth-order valence-corrected chi connectivity index (χ4v) is 2.56. The Hall–Kier alpha value is -2.13. The second-order valence-corrected chi connectivity index (χ2v) is 5.77. The molecule has 0 atom stereocenters. The predicted octanol–water partition coefficient (Wildman–Crippen LogP) is 0.488. The number of nitrogens with two attached hydrogens (primary N) is 1. The van der Waals surface area contributed by atoms with Gasteiger partial charge in [0.05, 0.1) is 10.6 Å². The van der Waals surface area contributed by atoms with Gasteiger partial charge in [-0.3, -0.25) is 4.68 Å². The van der Waals surface area contributed by atoms with E-state index in [0.717, 1.165) is 0 Å². The van der Waals surface area contributed by atoms with Crippen LogP contribution < -0.4 is 15.2 Å². The van der Waals surface area contributed by atoms with E-state index in [1.807, 2.05) is 0 Å². The summed E-state index contributed by atoms with van der Waals surface area (Å²) in [4.78, 5) is 3.96. The van der Waals surface area contributed by atoms with Gasteiger partial charge in [0.2, 0.25) is 10.0 Å². The van der Waals surface area contributed by atoms with E-state index in [1.165, 1.54) is 29.2 Å². The van der Waals surface area contributed by atoms with Crippen LogP contribution in [0.15, 0.2) is 29.4 Å². The van der Waals surface area contributed by atoms with Crippen molar-refractivity contribution in [1.29, 1.82) is 0 Å². The van der Waals surface area contributed by atoms with Gasteiger partial charge >= 0.3 is 6.01 Å². The summed E-state index contributed by atoms with van der Waals surface area (Å²) in [5.41, 5.74) is 6.06. The Balaban J connectivity index is 2.34. The molecule has 0 amide bonds. The molecule has 0 aliphatic carbocycles. The predicted molar refractivity (Wildman–Crippen MR) is 72.8 cm³/mol. The molecule has 0 saturated heterocycles. The normalized spacial score (nSPS) is 11.5. The molecule has 1 aromatic heterocycles. The van der Waals surface area contributed by atoms with E-state index in [2.05, 4.69) is 14.8 Å². The highest BCUT2D eigenvalue weighted by Gasteiger charge is 2.16. The van der Waals surface area contributed by atoms with Crippen LogP contribution in [0.1, 0.15) is 6.92 Å². The monoisotopic (exact) mass is 297 g/mol. The largest absolute Gasteiger partial charge is 0.421 e. The van der Waals surface area contributed by atoms with Crippen LogP contribution in [0.4, 0.5) is 5.69 Å². The van der Waals surface area contributed by atoms with Crippen LogP contribution in [-0.2, 0) is 17.1 Å². The molecular formula is C11H15N5O3S. The maximum atomic E-state index is 11.9. The van der Waals surface area contributed by atoms with Crippen LogP contribution in [0.25, 0.3) is 0 Å². The van der Waals surface area contributed by atoms with Gasteiger partial charge < -0.3 is 10.5 Å². The minimum atomic E-state index is -3.57. The second kappa shape index (κ2) is 5.47. The van der Waals surface area contributed by atoms with E-state index >= 15 is 0 Å². The summed E-state index contributed by atoms with van der Waals surface area (Å²) in [5.74, 6) is 0.190. The van der Waals surface area contributed by atoms with Crippen LogP contribution in [-0.4, -0.2) is 29.7 Å². The van der Waals surface area contributed by atoms with Crippen molar-refractivity contribution in [2.24, 2.45) is 7.05 Å². The fourth-order valence-electron chi connectivity index (χ4n) is 1.51. The number of hydrogen-bond donors (Lipinski definition) is 2. The van der Waals surface area contributed by atoms with Crippen molar-refractivity contribution in [1.82, 2.24) is 19.5 Å². The van der Waals surface area contributed by atoms with Crippen molar-refractivity contribution in [2.75, 3.05) is 12.3 Å². The number of anilines is 1. The van der Waals surface area contributed by atoms with Gasteiger partial charge in [-0.25, -0.2) is 13.1 Å². The minimum Gasteiger partial charge on any atom is -0.421 e. The lowest BCUT2D eigenvalue weighted by molar-refractivity contribution is 0.439. The molecule has 3 N–H and O–H groups in total. The van der Waals surface area contributed by atoms with Crippen molar-refractivity contribution in [3.63, 3.8) is 0 Å². The van der Waals surface area contributed by atoms with Crippen molar-refractivity contribution >= 4 is 15.7 Å². The summed E-state index contributed by atoms with van der Waals surface area (Å²) in [7, 11) is -1.88. The molecule has 1 aromatic carbocycles. The highest BCUT2D eigenvalue weighted by atomic mass is 32.2. The third-order valence-corrected chi connectivity index (χ3v) is 3.95. The van der Waals surface area contributed by atoms with Gasteiger partial charge in [-0.2, -0.15) is 4.98 Å². The smallest absolute Gasteiger partial charge is 0.341 e. The molecule has 0 bridgehead atoms. The van der Waals surface area contributed by atoms with Crippen molar-refractivity contribution in [3.05, 3.63) is 24.5 Å². The van der Waals surface area contributed by atoms with Crippen molar-refractivity contribution in [3.8, 4) is 11.8 Å². The number of aryl methyl sites for hydroxylation is 1. The highest BCUT2D eigenvalue weighted by molar-refractivity contribution is 7.89. The minimum absolute atomic E-state index is 0.0690. The van der Waals surface area contributed by atoms with Gasteiger partial charge in [0.25, 0.3) is 0 Å². The molecule has 0 unspecified atom stereocenters. The van der Waals surface area contributed by atoms with Gasteiger partial charge in [0.15, 0.2) is 5.75 Å². The first-order chi connectivity index (χ1) is 9.42. The standard InChI is InChI=1S/C11H15N5O3S/c1-3-14-20(17,18)8-4-5-9(12)10(6-8)19-11-13-7-16(2)15-11/h4-7,14H,3,12H2,1-2H3. The molecule has 2 rings (SSSR count). The van der Waals surface area contributed by atoms with Crippen molar-refractivity contribution < 1.29 is 13.2 Å². The third kappa shape index (κ3) is 3.06. The van der Waals surface area contributed by atoms with Crippen LogP contribution in [0.3, 0.4) is 0 Å². The van der Waals surface area contributed by atoms with Gasteiger partial charge in [0, 0.05) is 19.7 Å². The lowest BCUT2D eigenvalue weighted by Gasteiger charge is -2.09. The Labute approximate surface area is 116 Å². The van der Waals surface area contributed by atoms with Gasteiger partial charge in [-0.1, -0.05) is 6.92 Å². The Morgan fingerprint density at radius 2 is 2.20 bits per heavy atom. The Morgan fingerprint density at radius 1 is 1.45 bits per heavy atom. The molecule has 0 saturated carbocycles. The van der Waals surface area contributed by atoms with E-state index in [1.54, 1.807) is 14.0 Å². The molecule has 8 nitrogen and oxygen atoms in total. The van der Waals surface area contributed by atoms with Crippen LogP contribution in [0.2, 0.25) is 0 Å². The number of nitrogens with zero attached hydrogens (tertiary/aromatic N) is 3. The summed E-state index contributed by atoms with van der Waals surface area (Å²) in [6.07, 6.45) is 1.46. The van der Waals surface area contributed by atoms with E-state index in [4.69, 9.17) is 10.5 Å². The average Bonchev–Trinajstić information content (AvgIpc) is 2.77. The van der Waals surface area contributed by atoms with Gasteiger partial charge in [-0.15, -0.1) is 5.10 Å². The van der Waals surface area contributed by atoms with Crippen LogP contribution in [0, 0.1) is 0 Å². The number of sulfonamides is 1. The fraction of sp³-hybridized carbons (Fsp3) is 0.273. The third-order valence-electron chi connectivity index (χ3n) is 2.41. The van der Waals surface area contributed by atoms with Crippen molar-refractivity contribution in [2.45, 2.75) is 11.8 Å². The Bertz CT molecular complexity index is 711. The maximum Gasteiger partial charge on any atom is 0.341 e. The first-order valence-corrected chi connectivity index (χ1v) is 7.33. The summed E-state index contributed by atoms with van der Waals surface area (Å²) >= 11 is 0. The van der Waals surface area contributed by atoms with E-state index < -0.39 is 10.0 Å². The molecule has 0 aliphatic heterocycles. The van der Waals surface area contributed by atoms with Crippen LogP contribution >= 0.6 is 0 Å². The van der Waals surface area contributed by atoms with Gasteiger partial charge in [0.1, 0.15) is 6.33 Å². The van der Waals surface area contributed by atoms with E-state index in [0.29, 0.717) is 12.2 Å². The molecule has 2 aromatic rings. The molecule has 0 aliphatic rings. The first-order valence-electron chi connectivity index (χ1n) is 5.85. The number of nitrogen functional groups attached to an aromatic ring is 1. The summed E-state index contributed by atoms with van der Waals surface area (Å²) in [5, 5.41) is 3.94. The highest BCUT2D eigenvalue weighted by Crippen LogP contribution is 2.28. The topological polar surface area (TPSA) is 112 Å². The number of hydrogen-bond acceptors (Lipinski definition) is 6. The summed E-state index contributed by atoms with van der Waals surface area (Å²) in [6.45, 7) is 1.99. The zero-order valence-corrected chi connectivity index (χ0v) is 11.9. The lowest BCUT2D eigenvalue weighted by Crippen LogP contribution is -2.23. The Morgan fingerprint density at radius 3 is 2.80 bits per heavy atom. The molecular weight excluding hydrogens is 282 g/mol. The second-order valence-electron chi connectivity index (χ2n) is 4.00. The molecule has 108 valence electrons. The van der Waals surface area contributed by atoms with E-state index in [9.17, 15) is 8.42 Å². The lowest BCUT2D eigenvalue weighted by atomic mass is 10.3. The molecule has 0 fully saturated rings. The quantitative estimate of drug-likeness (QED) is 0.777. The zero-order valence-electron chi connectivity index (χ0n) is 11.1. The zero-order chi connectivity index (χ0) is 14.8. The SMILES string of the molecule is CCNS(=O)(=O)c1ccc(N)c(Oc2ncn(C)n2)c1. The molecule has 9 heteroatoms.